The van der Waals surface area contributed by atoms with E-state index in [1.165, 1.54) is 5.56 Å². The molecule has 0 saturated heterocycles. The van der Waals surface area contributed by atoms with Gasteiger partial charge in [-0.15, -0.1) is 0 Å². The summed E-state index contributed by atoms with van der Waals surface area (Å²) in [7, 11) is 0. The van der Waals surface area contributed by atoms with Crippen LogP contribution in [0.2, 0.25) is 0 Å². The molecule has 4 nitrogen and oxygen atoms in total. The highest BCUT2D eigenvalue weighted by atomic mass is 16.3. The molecular formula is C15H18N2O2. The molecule has 3 N–H and O–H groups in total. The van der Waals surface area contributed by atoms with E-state index in [0.29, 0.717) is 23.4 Å². The number of pyridine rings is 1. The van der Waals surface area contributed by atoms with Gasteiger partial charge in [-0.25, -0.2) is 0 Å². The van der Waals surface area contributed by atoms with Crippen LogP contribution in [0, 0.1) is 13.8 Å². The number of rotatable bonds is 4. The van der Waals surface area contributed by atoms with E-state index in [4.69, 9.17) is 0 Å². The summed E-state index contributed by atoms with van der Waals surface area (Å²) in [6.07, 6.45) is 1.60. The molecule has 0 saturated carbocycles. The van der Waals surface area contributed by atoms with E-state index in [1.807, 2.05) is 31.2 Å². The van der Waals surface area contributed by atoms with Gasteiger partial charge in [0.25, 0.3) is 0 Å². The normalized spacial score (nSPS) is 10.5. The SMILES string of the molecule is Cc1ccc(NCc2c(CO)cnc(C)c2O)cc1. The second-order valence-corrected chi connectivity index (χ2v) is 4.57. The van der Waals surface area contributed by atoms with Crippen LogP contribution in [0.3, 0.4) is 0 Å². The zero-order valence-electron chi connectivity index (χ0n) is 11.1. The fraction of sp³-hybridized carbons (Fsp3) is 0.267. The average Bonchev–Trinajstić information content (AvgIpc) is 2.42. The Bertz CT molecular complexity index is 565. The lowest BCUT2D eigenvalue weighted by atomic mass is 10.1. The Kier molecular flexibility index (Phi) is 4.02. The molecule has 0 aliphatic carbocycles. The highest BCUT2D eigenvalue weighted by Gasteiger charge is 2.10. The van der Waals surface area contributed by atoms with Crippen LogP contribution < -0.4 is 5.32 Å². The molecule has 0 aliphatic heterocycles. The van der Waals surface area contributed by atoms with Crippen LogP contribution >= 0.6 is 0 Å². The van der Waals surface area contributed by atoms with Gasteiger partial charge in [-0.2, -0.15) is 0 Å². The van der Waals surface area contributed by atoms with Crippen LogP contribution in [-0.4, -0.2) is 15.2 Å². The molecule has 0 spiro atoms. The third-order valence-corrected chi connectivity index (χ3v) is 3.12. The highest BCUT2D eigenvalue weighted by molar-refractivity contribution is 5.48. The summed E-state index contributed by atoms with van der Waals surface area (Å²) < 4.78 is 0. The van der Waals surface area contributed by atoms with Crippen molar-refractivity contribution in [1.82, 2.24) is 4.98 Å². The summed E-state index contributed by atoms with van der Waals surface area (Å²) in [6, 6.07) is 8.01. The van der Waals surface area contributed by atoms with E-state index >= 15 is 0 Å². The largest absolute Gasteiger partial charge is 0.506 e. The minimum Gasteiger partial charge on any atom is -0.506 e. The summed E-state index contributed by atoms with van der Waals surface area (Å²) in [4.78, 5) is 4.04. The molecule has 0 radical (unpaired) electrons. The van der Waals surface area contributed by atoms with Gasteiger partial charge in [-0.05, 0) is 26.0 Å². The van der Waals surface area contributed by atoms with Crippen molar-refractivity contribution in [3.8, 4) is 5.75 Å². The molecule has 0 fully saturated rings. The van der Waals surface area contributed by atoms with Crippen molar-refractivity contribution in [3.63, 3.8) is 0 Å². The van der Waals surface area contributed by atoms with Gasteiger partial charge in [-0.3, -0.25) is 4.98 Å². The van der Waals surface area contributed by atoms with E-state index in [1.54, 1.807) is 13.1 Å². The van der Waals surface area contributed by atoms with Crippen molar-refractivity contribution in [2.45, 2.75) is 27.0 Å². The fourth-order valence-electron chi connectivity index (χ4n) is 1.88. The fourth-order valence-corrected chi connectivity index (χ4v) is 1.88. The van der Waals surface area contributed by atoms with Crippen LogP contribution in [0.4, 0.5) is 5.69 Å². The topological polar surface area (TPSA) is 65.4 Å². The van der Waals surface area contributed by atoms with Gasteiger partial charge in [0.05, 0.1) is 12.3 Å². The maximum Gasteiger partial charge on any atom is 0.142 e. The Morgan fingerprint density at radius 2 is 1.84 bits per heavy atom. The van der Waals surface area contributed by atoms with E-state index < -0.39 is 0 Å². The van der Waals surface area contributed by atoms with Crippen molar-refractivity contribution < 1.29 is 10.2 Å². The van der Waals surface area contributed by atoms with Crippen molar-refractivity contribution >= 4 is 5.69 Å². The number of nitrogens with zero attached hydrogens (tertiary/aromatic N) is 1. The Balaban J connectivity index is 2.19. The average molecular weight is 258 g/mol. The number of hydrogen-bond donors (Lipinski definition) is 3. The van der Waals surface area contributed by atoms with Gasteiger partial charge in [-0.1, -0.05) is 17.7 Å². The van der Waals surface area contributed by atoms with E-state index in [9.17, 15) is 10.2 Å². The highest BCUT2D eigenvalue weighted by Crippen LogP contribution is 2.24. The number of aryl methyl sites for hydroxylation is 2. The second-order valence-electron chi connectivity index (χ2n) is 4.57. The van der Waals surface area contributed by atoms with Gasteiger partial charge >= 0.3 is 0 Å². The molecule has 1 aromatic carbocycles. The summed E-state index contributed by atoms with van der Waals surface area (Å²) in [5.74, 6) is 0.145. The van der Waals surface area contributed by atoms with E-state index in [-0.39, 0.29) is 12.4 Å². The van der Waals surface area contributed by atoms with Crippen molar-refractivity contribution in [2.24, 2.45) is 0 Å². The lowest BCUT2D eigenvalue weighted by Gasteiger charge is -2.13. The van der Waals surface area contributed by atoms with Crippen LogP contribution in [0.15, 0.2) is 30.5 Å². The minimum absolute atomic E-state index is 0.133. The summed E-state index contributed by atoms with van der Waals surface area (Å²) in [5.41, 5.74) is 4.07. The molecule has 19 heavy (non-hydrogen) atoms. The summed E-state index contributed by atoms with van der Waals surface area (Å²) in [6.45, 7) is 4.09. The predicted octanol–water partition coefficient (Wildman–Crippen LogP) is 2.51. The third-order valence-electron chi connectivity index (χ3n) is 3.12. The molecule has 2 rings (SSSR count). The standard InChI is InChI=1S/C15H18N2O2/c1-10-3-5-13(6-4-10)17-8-14-12(9-18)7-16-11(2)15(14)19/h3-7,17-19H,8-9H2,1-2H3. The van der Waals surface area contributed by atoms with Crippen LogP contribution in [0.5, 0.6) is 5.75 Å². The Morgan fingerprint density at radius 3 is 2.47 bits per heavy atom. The number of hydrogen-bond acceptors (Lipinski definition) is 4. The van der Waals surface area contributed by atoms with Crippen molar-refractivity contribution in [3.05, 3.63) is 52.8 Å². The first-order valence-corrected chi connectivity index (χ1v) is 6.19. The van der Waals surface area contributed by atoms with Crippen LogP contribution in [0.1, 0.15) is 22.4 Å². The van der Waals surface area contributed by atoms with Gasteiger partial charge < -0.3 is 15.5 Å². The molecule has 100 valence electrons. The zero-order chi connectivity index (χ0) is 13.8. The quantitative estimate of drug-likeness (QED) is 0.788. The number of aliphatic hydroxyl groups is 1. The predicted molar refractivity (Wildman–Crippen MR) is 75.1 cm³/mol. The summed E-state index contributed by atoms with van der Waals surface area (Å²) in [5, 5.41) is 22.5. The third kappa shape index (κ3) is 3.03. The molecule has 0 atom stereocenters. The zero-order valence-corrected chi connectivity index (χ0v) is 11.1. The van der Waals surface area contributed by atoms with E-state index in [0.717, 1.165) is 5.69 Å². The maximum absolute atomic E-state index is 10.0. The van der Waals surface area contributed by atoms with Gasteiger partial charge in [0.15, 0.2) is 0 Å². The molecule has 4 heteroatoms. The molecule has 0 amide bonds. The molecule has 1 heterocycles. The Labute approximate surface area is 112 Å². The van der Waals surface area contributed by atoms with Crippen molar-refractivity contribution in [1.29, 1.82) is 0 Å². The van der Waals surface area contributed by atoms with Gasteiger partial charge in [0.1, 0.15) is 5.75 Å². The molecular weight excluding hydrogens is 240 g/mol. The smallest absolute Gasteiger partial charge is 0.142 e. The number of anilines is 1. The first kappa shape index (κ1) is 13.4. The van der Waals surface area contributed by atoms with E-state index in [2.05, 4.69) is 10.3 Å². The first-order chi connectivity index (χ1) is 9.11. The minimum atomic E-state index is -0.133. The summed E-state index contributed by atoms with van der Waals surface area (Å²) >= 11 is 0. The molecule has 0 aliphatic rings. The monoisotopic (exact) mass is 258 g/mol. The number of benzene rings is 1. The molecule has 1 aromatic heterocycles. The number of aromatic hydroxyl groups is 1. The van der Waals surface area contributed by atoms with Crippen molar-refractivity contribution in [2.75, 3.05) is 5.32 Å². The second kappa shape index (κ2) is 5.71. The molecule has 0 bridgehead atoms. The molecule has 2 aromatic rings. The lowest BCUT2D eigenvalue weighted by Crippen LogP contribution is -2.05. The number of aliphatic hydroxyl groups excluding tert-OH is 1. The number of aromatic nitrogens is 1. The number of nitrogens with one attached hydrogen (secondary N) is 1. The molecule has 0 unspecified atom stereocenters. The van der Waals surface area contributed by atoms with Crippen LogP contribution in [-0.2, 0) is 13.2 Å². The van der Waals surface area contributed by atoms with Gasteiger partial charge in [0.2, 0.25) is 0 Å². The first-order valence-electron chi connectivity index (χ1n) is 6.19. The Morgan fingerprint density at radius 1 is 1.16 bits per heavy atom. The maximum atomic E-state index is 10.0. The van der Waals surface area contributed by atoms with Crippen LogP contribution in [0.25, 0.3) is 0 Å². The van der Waals surface area contributed by atoms with Gasteiger partial charge in [0, 0.05) is 29.6 Å². The lowest BCUT2D eigenvalue weighted by molar-refractivity contribution is 0.279. The Hall–Kier alpha value is -2.07.